The van der Waals surface area contributed by atoms with Gasteiger partial charge in [-0.2, -0.15) is 0 Å². The Hall–Kier alpha value is -2.30. The molecule has 0 N–H and O–H groups in total. The van der Waals surface area contributed by atoms with E-state index in [0.717, 1.165) is 16.5 Å². The van der Waals surface area contributed by atoms with Crippen molar-refractivity contribution in [3.63, 3.8) is 0 Å². The van der Waals surface area contributed by atoms with Crippen LogP contribution in [0.25, 0.3) is 10.9 Å². The number of benzene rings is 1. The van der Waals surface area contributed by atoms with Crippen LogP contribution < -0.4 is 0 Å². The van der Waals surface area contributed by atoms with E-state index in [1.54, 1.807) is 20.8 Å². The maximum Gasteiger partial charge on any atom is 0.419 e. The number of rotatable bonds is 0. The maximum atomic E-state index is 12.5. The molecule has 1 aliphatic heterocycles. The van der Waals surface area contributed by atoms with Gasteiger partial charge >= 0.3 is 12.1 Å². The fraction of sp³-hybridized carbons (Fsp3) is 0.375. The lowest BCUT2D eigenvalue weighted by Gasteiger charge is -2.20. The first-order chi connectivity index (χ1) is 9.79. The van der Waals surface area contributed by atoms with Gasteiger partial charge in [-0.05, 0) is 39.3 Å². The number of cyclic esters (lactones) is 1. The SMILES string of the molecule is Cc1cccc2c1c1c(n2C(=O)OC(C)(C)C)C(=O)OC1. The van der Waals surface area contributed by atoms with Crippen molar-refractivity contribution < 1.29 is 19.1 Å². The van der Waals surface area contributed by atoms with Crippen LogP contribution in [0.1, 0.15) is 42.4 Å². The topological polar surface area (TPSA) is 57.5 Å². The summed E-state index contributed by atoms with van der Waals surface area (Å²) in [6, 6.07) is 5.63. The van der Waals surface area contributed by atoms with Gasteiger partial charge in [0.15, 0.2) is 0 Å². The lowest BCUT2D eigenvalue weighted by atomic mass is 10.1. The van der Waals surface area contributed by atoms with Crippen LogP contribution in [-0.4, -0.2) is 22.2 Å². The highest BCUT2D eigenvalue weighted by molar-refractivity contribution is 6.07. The molecule has 5 nitrogen and oxygen atoms in total. The van der Waals surface area contributed by atoms with E-state index in [0.29, 0.717) is 5.52 Å². The fourth-order valence-corrected chi connectivity index (χ4v) is 2.66. The van der Waals surface area contributed by atoms with Crippen LogP contribution in [0, 0.1) is 6.92 Å². The number of aryl methyl sites for hydroxylation is 1. The van der Waals surface area contributed by atoms with Crippen molar-refractivity contribution >= 4 is 23.0 Å². The first-order valence-corrected chi connectivity index (χ1v) is 6.83. The third-order valence-corrected chi connectivity index (χ3v) is 3.42. The Morgan fingerprint density at radius 2 is 2.05 bits per heavy atom. The van der Waals surface area contributed by atoms with E-state index < -0.39 is 17.7 Å². The van der Waals surface area contributed by atoms with Gasteiger partial charge in [-0.15, -0.1) is 0 Å². The van der Waals surface area contributed by atoms with Crippen LogP contribution in [0.3, 0.4) is 0 Å². The molecule has 1 aromatic heterocycles. The van der Waals surface area contributed by atoms with E-state index in [1.807, 2.05) is 25.1 Å². The first-order valence-electron chi connectivity index (χ1n) is 6.83. The predicted molar refractivity (Wildman–Crippen MR) is 77.4 cm³/mol. The largest absolute Gasteiger partial charge is 0.456 e. The Balaban J connectivity index is 2.27. The highest BCUT2D eigenvalue weighted by atomic mass is 16.6. The molecule has 0 aliphatic carbocycles. The Kier molecular flexibility index (Phi) is 2.83. The molecule has 0 amide bonds. The molecule has 1 aliphatic rings. The lowest BCUT2D eigenvalue weighted by Crippen LogP contribution is -2.28. The molecule has 5 heteroatoms. The number of hydrogen-bond donors (Lipinski definition) is 0. The third kappa shape index (κ3) is 2.09. The highest BCUT2D eigenvalue weighted by Crippen LogP contribution is 2.34. The zero-order valence-electron chi connectivity index (χ0n) is 12.5. The number of nitrogens with zero attached hydrogens (tertiary/aromatic N) is 1. The second-order valence-electron chi connectivity index (χ2n) is 6.19. The molecule has 0 radical (unpaired) electrons. The highest BCUT2D eigenvalue weighted by Gasteiger charge is 2.34. The summed E-state index contributed by atoms with van der Waals surface area (Å²) < 4.78 is 11.8. The predicted octanol–water partition coefficient (Wildman–Crippen LogP) is 3.40. The van der Waals surface area contributed by atoms with E-state index in [2.05, 4.69) is 0 Å². The van der Waals surface area contributed by atoms with Gasteiger partial charge < -0.3 is 9.47 Å². The minimum atomic E-state index is -0.632. The lowest BCUT2D eigenvalue weighted by molar-refractivity contribution is 0.0471. The van der Waals surface area contributed by atoms with E-state index in [4.69, 9.17) is 9.47 Å². The van der Waals surface area contributed by atoms with Gasteiger partial charge in [-0.25, -0.2) is 14.2 Å². The molecule has 2 aromatic rings. The quantitative estimate of drug-likeness (QED) is 0.697. The summed E-state index contributed by atoms with van der Waals surface area (Å²) in [5.74, 6) is -0.480. The molecule has 0 spiro atoms. The van der Waals surface area contributed by atoms with Gasteiger partial charge in [0.2, 0.25) is 0 Å². The van der Waals surface area contributed by atoms with Gasteiger partial charge in [0.25, 0.3) is 0 Å². The first kappa shape index (κ1) is 13.7. The van der Waals surface area contributed by atoms with Crippen molar-refractivity contribution in [2.24, 2.45) is 0 Å². The summed E-state index contributed by atoms with van der Waals surface area (Å²) in [6.45, 7) is 7.53. The average Bonchev–Trinajstić information content (AvgIpc) is 2.86. The Morgan fingerprint density at radius 3 is 2.71 bits per heavy atom. The monoisotopic (exact) mass is 287 g/mol. The van der Waals surface area contributed by atoms with Crippen LogP contribution in [0.4, 0.5) is 4.79 Å². The Labute approximate surface area is 122 Å². The normalized spacial score (nSPS) is 14.2. The van der Waals surface area contributed by atoms with Crippen molar-refractivity contribution in [3.05, 3.63) is 35.0 Å². The van der Waals surface area contributed by atoms with Crippen LogP contribution in [0.2, 0.25) is 0 Å². The van der Waals surface area contributed by atoms with Crippen molar-refractivity contribution in [2.75, 3.05) is 0 Å². The van der Waals surface area contributed by atoms with Gasteiger partial charge in [-0.1, -0.05) is 12.1 Å². The standard InChI is InChI=1S/C16H17NO4/c1-9-6-5-7-11-12(9)10-8-20-14(18)13(10)17(11)15(19)21-16(2,3)4/h5-7H,8H2,1-4H3. The summed E-state index contributed by atoms with van der Waals surface area (Å²) in [5.41, 5.74) is 2.11. The zero-order chi connectivity index (χ0) is 15.4. The number of fused-ring (bicyclic) bond motifs is 3. The van der Waals surface area contributed by atoms with Crippen LogP contribution in [0.5, 0.6) is 0 Å². The summed E-state index contributed by atoms with van der Waals surface area (Å²) >= 11 is 0. The number of carbonyl (C=O) groups is 2. The molecule has 1 aromatic carbocycles. The molecule has 2 heterocycles. The number of hydrogen-bond acceptors (Lipinski definition) is 4. The zero-order valence-corrected chi connectivity index (χ0v) is 12.5. The average molecular weight is 287 g/mol. The van der Waals surface area contributed by atoms with Crippen LogP contribution in [0.15, 0.2) is 18.2 Å². The molecule has 0 saturated carbocycles. The van der Waals surface area contributed by atoms with Crippen molar-refractivity contribution in [3.8, 4) is 0 Å². The van der Waals surface area contributed by atoms with Gasteiger partial charge in [0.1, 0.15) is 17.9 Å². The number of carbonyl (C=O) groups excluding carboxylic acids is 2. The van der Waals surface area contributed by atoms with E-state index in [9.17, 15) is 9.59 Å². The van der Waals surface area contributed by atoms with E-state index in [1.165, 1.54) is 4.57 Å². The molecular weight excluding hydrogens is 270 g/mol. The van der Waals surface area contributed by atoms with Gasteiger partial charge in [-0.3, -0.25) is 0 Å². The third-order valence-electron chi connectivity index (χ3n) is 3.42. The fourth-order valence-electron chi connectivity index (χ4n) is 2.66. The summed E-state index contributed by atoms with van der Waals surface area (Å²) in [6.07, 6.45) is -0.557. The smallest absolute Gasteiger partial charge is 0.419 e. The number of aromatic nitrogens is 1. The van der Waals surface area contributed by atoms with Crippen molar-refractivity contribution in [2.45, 2.75) is 39.9 Å². The van der Waals surface area contributed by atoms with E-state index in [-0.39, 0.29) is 12.3 Å². The number of esters is 1. The molecule has 3 rings (SSSR count). The van der Waals surface area contributed by atoms with Gasteiger partial charge in [0.05, 0.1) is 5.52 Å². The molecule has 0 unspecified atom stereocenters. The minimum absolute atomic E-state index is 0.200. The molecule has 110 valence electrons. The molecule has 0 bridgehead atoms. The minimum Gasteiger partial charge on any atom is -0.456 e. The summed E-state index contributed by atoms with van der Waals surface area (Å²) in [5, 5.41) is 0.893. The second kappa shape index (κ2) is 4.35. The Bertz CT molecular complexity index is 765. The van der Waals surface area contributed by atoms with Crippen molar-refractivity contribution in [1.29, 1.82) is 0 Å². The number of ether oxygens (including phenoxy) is 2. The summed E-state index contributed by atoms with van der Waals surface area (Å²) in [4.78, 5) is 24.5. The van der Waals surface area contributed by atoms with Crippen LogP contribution in [-0.2, 0) is 16.1 Å². The molecular formula is C16H17NO4. The van der Waals surface area contributed by atoms with Crippen molar-refractivity contribution in [1.82, 2.24) is 4.57 Å². The molecule has 0 fully saturated rings. The summed E-state index contributed by atoms with van der Waals surface area (Å²) in [7, 11) is 0. The van der Waals surface area contributed by atoms with Crippen LogP contribution >= 0.6 is 0 Å². The maximum absolute atomic E-state index is 12.5. The van der Waals surface area contributed by atoms with E-state index >= 15 is 0 Å². The molecule has 0 atom stereocenters. The molecule has 21 heavy (non-hydrogen) atoms. The second-order valence-corrected chi connectivity index (χ2v) is 6.19. The molecule has 0 saturated heterocycles. The Morgan fingerprint density at radius 1 is 1.33 bits per heavy atom. The van der Waals surface area contributed by atoms with Gasteiger partial charge in [0, 0.05) is 10.9 Å².